The zero-order valence-corrected chi connectivity index (χ0v) is 22.0. The number of rotatable bonds is 7. The Labute approximate surface area is 214 Å². The van der Waals surface area contributed by atoms with E-state index in [2.05, 4.69) is 72.7 Å². The van der Waals surface area contributed by atoms with Crippen LogP contribution in [0.2, 0.25) is 0 Å². The highest BCUT2D eigenvalue weighted by molar-refractivity contribution is 7.15. The lowest BCUT2D eigenvalue weighted by molar-refractivity contribution is 0.0935. The first-order chi connectivity index (χ1) is 17.2. The number of pyridine rings is 1. The molecule has 1 saturated heterocycles. The molecule has 10 nitrogen and oxygen atoms in total. The lowest BCUT2D eigenvalue weighted by Crippen LogP contribution is -2.47. The number of imidazole rings is 1. The molecule has 0 spiro atoms. The first kappa shape index (κ1) is 24.3. The second-order valence-electron chi connectivity index (χ2n) is 10.1. The van der Waals surface area contributed by atoms with Gasteiger partial charge in [-0.1, -0.05) is 39.0 Å². The topological polar surface area (TPSA) is 114 Å². The second-order valence-corrected chi connectivity index (χ2v) is 11.2. The van der Waals surface area contributed by atoms with Crippen LogP contribution in [0.15, 0.2) is 37.2 Å². The van der Waals surface area contributed by atoms with E-state index in [1.54, 1.807) is 24.8 Å². The van der Waals surface area contributed by atoms with Crippen LogP contribution < -0.4 is 10.6 Å². The van der Waals surface area contributed by atoms with Gasteiger partial charge in [-0.3, -0.25) is 9.69 Å². The van der Waals surface area contributed by atoms with Gasteiger partial charge in [0.1, 0.15) is 17.0 Å². The molecule has 5 heterocycles. The molecule has 5 rings (SSSR count). The summed E-state index contributed by atoms with van der Waals surface area (Å²) >= 11 is 1.47. The fraction of sp³-hybridized carbons (Fsp3) is 0.440. The largest absolute Gasteiger partial charge is 0.343 e. The highest BCUT2D eigenvalue weighted by atomic mass is 32.1. The fourth-order valence-corrected chi connectivity index (χ4v) is 4.95. The number of amides is 1. The van der Waals surface area contributed by atoms with Crippen molar-refractivity contribution in [2.75, 3.05) is 25.0 Å². The Balaban J connectivity index is 1.24. The van der Waals surface area contributed by atoms with Crippen molar-refractivity contribution in [2.45, 2.75) is 52.1 Å². The summed E-state index contributed by atoms with van der Waals surface area (Å²) in [6.07, 6.45) is 8.81. The Bertz CT molecular complexity index is 1370. The van der Waals surface area contributed by atoms with E-state index >= 15 is 0 Å². The smallest absolute Gasteiger partial charge is 0.270 e. The van der Waals surface area contributed by atoms with Crippen LogP contribution in [0.3, 0.4) is 0 Å². The number of hydrogen-bond acceptors (Lipinski definition) is 9. The molecule has 0 radical (unpaired) electrons. The maximum absolute atomic E-state index is 13.0. The van der Waals surface area contributed by atoms with Gasteiger partial charge in [0.2, 0.25) is 0 Å². The molecule has 1 aliphatic heterocycles. The molecule has 36 heavy (non-hydrogen) atoms. The van der Waals surface area contributed by atoms with Gasteiger partial charge in [0, 0.05) is 29.6 Å². The molecular weight excluding hydrogens is 474 g/mol. The fourth-order valence-electron chi connectivity index (χ4n) is 4.11. The number of nitrogens with zero attached hydrogens (tertiary/aromatic N) is 7. The molecular formula is C25H31N9OS. The number of carbonyl (C=O) groups excluding carboxylic acids is 1. The van der Waals surface area contributed by atoms with Crippen molar-refractivity contribution in [1.29, 1.82) is 0 Å². The maximum atomic E-state index is 13.0. The predicted molar refractivity (Wildman–Crippen MR) is 141 cm³/mol. The number of anilines is 2. The van der Waals surface area contributed by atoms with E-state index in [9.17, 15) is 4.79 Å². The van der Waals surface area contributed by atoms with Gasteiger partial charge >= 0.3 is 0 Å². The summed E-state index contributed by atoms with van der Waals surface area (Å²) in [6, 6.07) is 1.99. The lowest BCUT2D eigenvalue weighted by Gasteiger charge is -2.39. The summed E-state index contributed by atoms with van der Waals surface area (Å²) in [5, 5.41) is 6.99. The molecule has 1 atom stereocenters. The first-order valence-electron chi connectivity index (χ1n) is 12.1. The van der Waals surface area contributed by atoms with Gasteiger partial charge < -0.3 is 15.2 Å². The molecule has 1 amide bonds. The number of carbonyl (C=O) groups is 1. The summed E-state index contributed by atoms with van der Waals surface area (Å²) in [7, 11) is 0. The average Bonchev–Trinajstić information content (AvgIpc) is 3.45. The zero-order chi connectivity index (χ0) is 25.4. The van der Waals surface area contributed by atoms with Crippen molar-refractivity contribution in [2.24, 2.45) is 0 Å². The normalized spacial score (nSPS) is 15.6. The number of likely N-dealkylation sites (tertiary alicyclic amines) is 1. The molecule has 0 aliphatic carbocycles. The third kappa shape index (κ3) is 4.93. The van der Waals surface area contributed by atoms with Crippen molar-refractivity contribution in [3.8, 4) is 0 Å². The summed E-state index contributed by atoms with van der Waals surface area (Å²) in [5.41, 5.74) is 2.78. The molecule has 0 saturated carbocycles. The number of hydrogen-bond donors (Lipinski definition) is 2. The Morgan fingerprint density at radius 2 is 1.86 bits per heavy atom. The zero-order valence-electron chi connectivity index (χ0n) is 21.2. The SMILES string of the molecule is CCN1CC(n2cnc3cnc(C(=O)NC(C)c4cnc(Nc5cnc(C(C)(C)C)nc5)s4)cc32)C1. The van der Waals surface area contributed by atoms with Crippen LogP contribution >= 0.6 is 11.3 Å². The van der Waals surface area contributed by atoms with Crippen LogP contribution in [0.4, 0.5) is 10.8 Å². The van der Waals surface area contributed by atoms with Gasteiger partial charge in [-0.2, -0.15) is 0 Å². The number of aromatic nitrogens is 6. The van der Waals surface area contributed by atoms with Crippen LogP contribution in [-0.2, 0) is 5.41 Å². The van der Waals surface area contributed by atoms with Crippen molar-refractivity contribution in [3.63, 3.8) is 0 Å². The van der Waals surface area contributed by atoms with Gasteiger partial charge in [-0.15, -0.1) is 0 Å². The first-order valence-corrected chi connectivity index (χ1v) is 12.9. The van der Waals surface area contributed by atoms with Crippen LogP contribution in [0.25, 0.3) is 11.0 Å². The van der Waals surface area contributed by atoms with Gasteiger partial charge in [-0.05, 0) is 19.5 Å². The van der Waals surface area contributed by atoms with Crippen LogP contribution in [-0.4, -0.2) is 59.9 Å². The van der Waals surface area contributed by atoms with Crippen molar-refractivity contribution in [1.82, 2.24) is 39.7 Å². The third-order valence-electron chi connectivity index (χ3n) is 6.34. The van der Waals surface area contributed by atoms with Crippen molar-refractivity contribution < 1.29 is 4.79 Å². The Morgan fingerprint density at radius 3 is 2.56 bits per heavy atom. The van der Waals surface area contributed by atoms with E-state index in [0.717, 1.165) is 47.1 Å². The van der Waals surface area contributed by atoms with E-state index < -0.39 is 0 Å². The van der Waals surface area contributed by atoms with E-state index in [4.69, 9.17) is 0 Å². The minimum absolute atomic E-state index is 0.104. The third-order valence-corrected chi connectivity index (χ3v) is 7.44. The van der Waals surface area contributed by atoms with Gasteiger partial charge in [0.15, 0.2) is 5.13 Å². The lowest BCUT2D eigenvalue weighted by atomic mass is 9.96. The Morgan fingerprint density at radius 1 is 1.11 bits per heavy atom. The molecule has 1 unspecified atom stereocenters. The van der Waals surface area contributed by atoms with Crippen LogP contribution in [0.1, 0.15) is 67.9 Å². The van der Waals surface area contributed by atoms with Crippen molar-refractivity contribution in [3.05, 3.63) is 53.6 Å². The molecule has 4 aromatic heterocycles. The summed E-state index contributed by atoms with van der Waals surface area (Å²) in [5.74, 6) is 0.560. The molecule has 1 fully saturated rings. The molecule has 4 aromatic rings. The number of fused-ring (bicyclic) bond motifs is 1. The van der Waals surface area contributed by atoms with E-state index in [1.807, 2.05) is 19.3 Å². The minimum Gasteiger partial charge on any atom is -0.343 e. The van der Waals surface area contributed by atoms with Crippen LogP contribution in [0.5, 0.6) is 0 Å². The molecule has 11 heteroatoms. The quantitative estimate of drug-likeness (QED) is 0.386. The number of nitrogens with one attached hydrogen (secondary N) is 2. The molecule has 188 valence electrons. The van der Waals surface area contributed by atoms with E-state index in [-0.39, 0.29) is 17.4 Å². The molecule has 0 aromatic carbocycles. The highest BCUT2D eigenvalue weighted by Gasteiger charge is 2.28. The molecule has 2 N–H and O–H groups in total. The summed E-state index contributed by atoms with van der Waals surface area (Å²) in [4.78, 5) is 38.5. The average molecular weight is 506 g/mol. The Kier molecular flexibility index (Phi) is 6.44. The summed E-state index contributed by atoms with van der Waals surface area (Å²) < 4.78 is 2.16. The van der Waals surface area contributed by atoms with Gasteiger partial charge in [0.25, 0.3) is 5.91 Å². The van der Waals surface area contributed by atoms with E-state index in [0.29, 0.717) is 16.9 Å². The van der Waals surface area contributed by atoms with Gasteiger partial charge in [0.05, 0.1) is 48.2 Å². The Hall–Kier alpha value is -3.44. The monoisotopic (exact) mass is 505 g/mol. The number of thiazole rings is 1. The van der Waals surface area contributed by atoms with Crippen molar-refractivity contribution >= 4 is 39.1 Å². The van der Waals surface area contributed by atoms with E-state index in [1.165, 1.54) is 11.3 Å². The molecule has 0 bridgehead atoms. The maximum Gasteiger partial charge on any atom is 0.270 e. The van der Waals surface area contributed by atoms with Crippen LogP contribution in [0, 0.1) is 0 Å². The second kappa shape index (κ2) is 9.55. The minimum atomic E-state index is -0.227. The van der Waals surface area contributed by atoms with Gasteiger partial charge in [-0.25, -0.2) is 24.9 Å². The number of likely N-dealkylation sites (N-methyl/N-ethyl adjacent to an activating group) is 1. The predicted octanol–water partition coefficient (Wildman–Crippen LogP) is 4.09. The highest BCUT2D eigenvalue weighted by Crippen LogP contribution is 2.28. The summed E-state index contributed by atoms with van der Waals surface area (Å²) in [6.45, 7) is 13.4. The standard InChI is InChI=1S/C25H31N9OS/c1-6-33-12-17(13-33)34-14-30-19-10-26-18(7-20(19)34)22(35)31-15(2)21-11-29-24(36-21)32-16-8-27-23(28-9-16)25(3,4)5/h7-11,14-15,17H,6,12-13H2,1-5H3,(H,29,32)(H,31,35). The molecule has 1 aliphatic rings.